The topological polar surface area (TPSA) is 134 Å². The van der Waals surface area contributed by atoms with E-state index in [1.807, 2.05) is 18.2 Å². The summed E-state index contributed by atoms with van der Waals surface area (Å²) in [4.78, 5) is 63.5. The van der Waals surface area contributed by atoms with E-state index < -0.39 is 24.1 Å². The lowest BCUT2D eigenvalue weighted by Gasteiger charge is -2.35. The molecule has 0 aliphatic carbocycles. The Kier molecular flexibility index (Phi) is 10.2. The SMILES string of the molecule is CN[C@@H](C)C(=O)N[C@H]1CCCC[C@H]2CC[C@@H](C(=O)NCc3cccc(COC(=O)CC(C)=O)c3)N2C1=O. The summed E-state index contributed by atoms with van der Waals surface area (Å²) >= 11 is 0. The largest absolute Gasteiger partial charge is 0.460 e. The van der Waals surface area contributed by atoms with Crippen molar-refractivity contribution in [2.45, 2.75) is 96.1 Å². The standard InChI is InChI=1S/C27H38N4O6/c1-17(32)13-24(33)37-16-20-8-6-7-19(14-20)15-29-26(35)23-12-11-21-9-4-5-10-22(27(36)31(21)23)30-25(34)18(2)28-3/h6-8,14,18,21-23,28H,4-5,9-13,15-16H2,1-3H3,(H,29,35)(H,30,34)/t18-,21-,22-,23-/m0/s1. The van der Waals surface area contributed by atoms with Crippen molar-refractivity contribution in [2.24, 2.45) is 0 Å². The number of hydrogen-bond acceptors (Lipinski definition) is 7. The molecule has 2 saturated heterocycles. The summed E-state index contributed by atoms with van der Waals surface area (Å²) in [5.74, 6) is -1.47. The second-order valence-electron chi connectivity index (χ2n) is 9.93. The summed E-state index contributed by atoms with van der Waals surface area (Å²) in [7, 11) is 1.69. The van der Waals surface area contributed by atoms with Crippen molar-refractivity contribution < 1.29 is 28.7 Å². The van der Waals surface area contributed by atoms with Crippen LogP contribution in [0.15, 0.2) is 24.3 Å². The number of carbonyl (C=O) groups is 5. The Morgan fingerprint density at radius 2 is 1.81 bits per heavy atom. The Hall–Kier alpha value is -3.27. The number of benzene rings is 1. The fourth-order valence-electron chi connectivity index (χ4n) is 4.91. The molecule has 3 amide bonds. The van der Waals surface area contributed by atoms with Gasteiger partial charge >= 0.3 is 5.97 Å². The zero-order valence-corrected chi connectivity index (χ0v) is 21.9. The highest BCUT2D eigenvalue weighted by Crippen LogP contribution is 2.31. The minimum atomic E-state index is -0.637. The van der Waals surface area contributed by atoms with Gasteiger partial charge in [0.15, 0.2) is 0 Å². The fourth-order valence-corrected chi connectivity index (χ4v) is 4.91. The Morgan fingerprint density at radius 1 is 1.08 bits per heavy atom. The van der Waals surface area contributed by atoms with Crippen LogP contribution in [0.25, 0.3) is 0 Å². The first-order chi connectivity index (χ1) is 17.7. The molecule has 0 unspecified atom stereocenters. The van der Waals surface area contributed by atoms with Crippen LogP contribution >= 0.6 is 0 Å². The molecular weight excluding hydrogens is 476 g/mol. The van der Waals surface area contributed by atoms with Gasteiger partial charge in [0.2, 0.25) is 17.7 Å². The van der Waals surface area contributed by atoms with Crippen molar-refractivity contribution in [1.82, 2.24) is 20.9 Å². The molecule has 2 fully saturated rings. The molecule has 4 atom stereocenters. The number of nitrogens with one attached hydrogen (secondary N) is 3. The molecule has 0 bridgehead atoms. The third-order valence-electron chi connectivity index (χ3n) is 7.03. The Morgan fingerprint density at radius 3 is 2.54 bits per heavy atom. The normalized spacial score (nSPS) is 22.3. The summed E-state index contributed by atoms with van der Waals surface area (Å²) < 4.78 is 5.13. The molecule has 3 rings (SSSR count). The highest BCUT2D eigenvalue weighted by molar-refractivity contribution is 5.94. The van der Waals surface area contributed by atoms with Crippen LogP contribution in [-0.2, 0) is 41.9 Å². The molecule has 0 spiro atoms. The van der Waals surface area contributed by atoms with Gasteiger partial charge < -0.3 is 25.6 Å². The van der Waals surface area contributed by atoms with Gasteiger partial charge in [0.05, 0.1) is 6.04 Å². The van der Waals surface area contributed by atoms with Crippen molar-refractivity contribution >= 4 is 29.5 Å². The van der Waals surface area contributed by atoms with E-state index in [4.69, 9.17) is 4.74 Å². The number of ketones is 1. The van der Waals surface area contributed by atoms with Crippen molar-refractivity contribution in [3.8, 4) is 0 Å². The first kappa shape index (κ1) is 28.3. The van der Waals surface area contributed by atoms with Crippen LogP contribution in [0.3, 0.4) is 0 Å². The summed E-state index contributed by atoms with van der Waals surface area (Å²) in [6, 6.07) is 5.66. The molecule has 10 heteroatoms. The molecule has 0 saturated carbocycles. The first-order valence-corrected chi connectivity index (χ1v) is 13.0. The second kappa shape index (κ2) is 13.3. The van der Waals surface area contributed by atoms with Crippen molar-refractivity contribution in [3.63, 3.8) is 0 Å². The lowest BCUT2D eigenvalue weighted by Crippen LogP contribution is -2.57. The number of fused-ring (bicyclic) bond motifs is 1. The fraction of sp³-hybridized carbons (Fsp3) is 0.593. The zero-order valence-electron chi connectivity index (χ0n) is 21.9. The monoisotopic (exact) mass is 514 g/mol. The molecule has 1 aromatic rings. The molecule has 10 nitrogen and oxygen atoms in total. The number of carbonyl (C=O) groups excluding carboxylic acids is 5. The molecule has 1 aromatic carbocycles. The highest BCUT2D eigenvalue weighted by atomic mass is 16.5. The summed E-state index contributed by atoms with van der Waals surface area (Å²) in [6.07, 6.45) is 4.30. The number of ether oxygens (including phenoxy) is 1. The third kappa shape index (κ3) is 7.85. The van der Waals surface area contributed by atoms with E-state index in [-0.39, 0.29) is 49.1 Å². The van der Waals surface area contributed by atoms with Gasteiger partial charge in [-0.25, -0.2) is 0 Å². The smallest absolute Gasteiger partial charge is 0.313 e. The molecule has 2 aliphatic rings. The summed E-state index contributed by atoms with van der Waals surface area (Å²) in [5, 5.41) is 8.71. The predicted molar refractivity (Wildman–Crippen MR) is 136 cm³/mol. The van der Waals surface area contributed by atoms with E-state index in [2.05, 4.69) is 16.0 Å². The van der Waals surface area contributed by atoms with Gasteiger partial charge in [-0.15, -0.1) is 0 Å². The maximum Gasteiger partial charge on any atom is 0.313 e. The number of esters is 1. The van der Waals surface area contributed by atoms with Crippen LogP contribution < -0.4 is 16.0 Å². The van der Waals surface area contributed by atoms with Crippen LogP contribution in [0.1, 0.15) is 69.9 Å². The number of hydrogen-bond donors (Lipinski definition) is 3. The van der Waals surface area contributed by atoms with Gasteiger partial charge in [-0.1, -0.05) is 37.1 Å². The van der Waals surface area contributed by atoms with Crippen LogP contribution in [-0.4, -0.2) is 65.6 Å². The molecule has 202 valence electrons. The molecule has 3 N–H and O–H groups in total. The summed E-state index contributed by atoms with van der Waals surface area (Å²) in [5.41, 5.74) is 1.58. The lowest BCUT2D eigenvalue weighted by atomic mass is 9.98. The van der Waals surface area contributed by atoms with Gasteiger partial charge in [0, 0.05) is 12.6 Å². The Labute approximate surface area is 217 Å². The minimum Gasteiger partial charge on any atom is -0.460 e. The van der Waals surface area contributed by atoms with Gasteiger partial charge in [-0.2, -0.15) is 0 Å². The zero-order chi connectivity index (χ0) is 26.9. The van der Waals surface area contributed by atoms with Crippen LogP contribution in [0.2, 0.25) is 0 Å². The van der Waals surface area contributed by atoms with E-state index in [0.717, 1.165) is 36.8 Å². The molecule has 0 radical (unpaired) electrons. The van der Waals surface area contributed by atoms with Crippen LogP contribution in [0.5, 0.6) is 0 Å². The molecule has 2 heterocycles. The highest BCUT2D eigenvalue weighted by Gasteiger charge is 2.43. The van der Waals surface area contributed by atoms with Crippen molar-refractivity contribution in [2.75, 3.05) is 7.05 Å². The van der Waals surface area contributed by atoms with E-state index in [9.17, 15) is 24.0 Å². The first-order valence-electron chi connectivity index (χ1n) is 13.0. The maximum absolute atomic E-state index is 13.5. The van der Waals surface area contributed by atoms with Crippen LogP contribution in [0, 0.1) is 0 Å². The number of amides is 3. The van der Waals surface area contributed by atoms with Gasteiger partial charge in [-0.3, -0.25) is 24.0 Å². The van der Waals surface area contributed by atoms with E-state index in [1.165, 1.54) is 6.92 Å². The van der Waals surface area contributed by atoms with Crippen molar-refractivity contribution in [1.29, 1.82) is 0 Å². The van der Waals surface area contributed by atoms with Crippen molar-refractivity contribution in [3.05, 3.63) is 35.4 Å². The van der Waals surface area contributed by atoms with E-state index >= 15 is 0 Å². The van der Waals surface area contributed by atoms with E-state index in [1.54, 1.807) is 24.9 Å². The number of Topliss-reactive ketones (excluding diaryl/α,β-unsaturated/α-hetero) is 1. The van der Waals surface area contributed by atoms with Gasteiger partial charge in [0.1, 0.15) is 30.9 Å². The Bertz CT molecular complexity index is 1010. The van der Waals surface area contributed by atoms with Gasteiger partial charge in [-0.05, 0) is 57.7 Å². The molecular formula is C27H38N4O6. The second-order valence-corrected chi connectivity index (χ2v) is 9.93. The minimum absolute atomic E-state index is 0.00214. The maximum atomic E-state index is 13.5. The lowest BCUT2D eigenvalue weighted by molar-refractivity contribution is -0.147. The number of rotatable bonds is 10. The van der Waals surface area contributed by atoms with Crippen LogP contribution in [0.4, 0.5) is 0 Å². The molecule has 0 aromatic heterocycles. The Balaban J connectivity index is 1.61. The quantitative estimate of drug-likeness (QED) is 0.317. The van der Waals surface area contributed by atoms with Gasteiger partial charge in [0.25, 0.3) is 0 Å². The number of likely N-dealkylation sites (N-methyl/N-ethyl adjacent to an activating group) is 1. The molecule has 2 aliphatic heterocycles. The number of nitrogens with zero attached hydrogens (tertiary/aromatic N) is 1. The average Bonchev–Trinajstić information content (AvgIpc) is 3.29. The molecule has 37 heavy (non-hydrogen) atoms. The average molecular weight is 515 g/mol. The third-order valence-corrected chi connectivity index (χ3v) is 7.03. The van der Waals surface area contributed by atoms with E-state index in [0.29, 0.717) is 12.8 Å². The predicted octanol–water partition coefficient (Wildman–Crippen LogP) is 1.35. The summed E-state index contributed by atoms with van der Waals surface area (Å²) in [6.45, 7) is 3.37.